The van der Waals surface area contributed by atoms with Gasteiger partial charge in [-0.3, -0.25) is 0 Å². The highest BCUT2D eigenvalue weighted by Gasteiger charge is 2.31. The summed E-state index contributed by atoms with van der Waals surface area (Å²) in [4.78, 5) is 15.5. The Bertz CT molecular complexity index is 952. The molecule has 0 aromatic carbocycles. The molecule has 0 spiro atoms. The first-order valence-electron chi connectivity index (χ1n) is 8.56. The molecular formula is C18H22N6O2. The van der Waals surface area contributed by atoms with E-state index in [9.17, 15) is 0 Å². The maximum Gasteiger partial charge on any atom is 0.319 e. The number of hydrogen-bond donors (Lipinski definition) is 0. The van der Waals surface area contributed by atoms with Gasteiger partial charge in [-0.05, 0) is 11.8 Å². The number of aromatic nitrogens is 5. The average Bonchev–Trinajstić information content (AvgIpc) is 3.26. The van der Waals surface area contributed by atoms with Gasteiger partial charge in [-0.1, -0.05) is 13.8 Å². The Morgan fingerprint density at radius 1 is 1.15 bits per heavy atom. The average molecular weight is 354 g/mol. The van der Waals surface area contributed by atoms with Gasteiger partial charge in [-0.25, -0.2) is 9.97 Å². The standard InChI is InChI=1S/C18H22N6O2/c1-18(2)6-8-23(11-18)15-9-13(21-14-5-7-20-24(14)15)12-10-19-17(26-4)22-16(12)25-3/h5,7,9-10H,6,8,11H2,1-4H3. The fourth-order valence-corrected chi connectivity index (χ4v) is 3.35. The van der Waals surface area contributed by atoms with Crippen LogP contribution in [-0.2, 0) is 0 Å². The molecule has 0 saturated carbocycles. The van der Waals surface area contributed by atoms with E-state index in [0.29, 0.717) is 5.88 Å². The van der Waals surface area contributed by atoms with Crippen molar-refractivity contribution in [3.63, 3.8) is 0 Å². The van der Waals surface area contributed by atoms with Gasteiger partial charge >= 0.3 is 6.01 Å². The largest absolute Gasteiger partial charge is 0.480 e. The van der Waals surface area contributed by atoms with Crippen molar-refractivity contribution >= 4 is 11.5 Å². The highest BCUT2D eigenvalue weighted by molar-refractivity contribution is 5.70. The third-order valence-corrected chi connectivity index (χ3v) is 4.73. The van der Waals surface area contributed by atoms with Crippen LogP contribution < -0.4 is 14.4 Å². The summed E-state index contributed by atoms with van der Waals surface area (Å²) in [6.45, 7) is 6.54. The van der Waals surface area contributed by atoms with Crippen LogP contribution in [0.1, 0.15) is 20.3 Å². The summed E-state index contributed by atoms with van der Waals surface area (Å²) >= 11 is 0. The summed E-state index contributed by atoms with van der Waals surface area (Å²) < 4.78 is 12.4. The van der Waals surface area contributed by atoms with E-state index < -0.39 is 0 Å². The SMILES string of the molecule is COc1ncc(-c2cc(N3CCC(C)(C)C3)n3nccc3n2)c(OC)n1. The molecule has 8 heteroatoms. The number of nitrogens with zero attached hydrogens (tertiary/aromatic N) is 6. The first-order valence-corrected chi connectivity index (χ1v) is 8.56. The molecule has 1 saturated heterocycles. The van der Waals surface area contributed by atoms with E-state index in [4.69, 9.17) is 14.5 Å². The van der Waals surface area contributed by atoms with Crippen LogP contribution in [0.2, 0.25) is 0 Å². The lowest BCUT2D eigenvalue weighted by Crippen LogP contribution is -2.25. The Hall–Kier alpha value is -2.90. The molecule has 26 heavy (non-hydrogen) atoms. The zero-order chi connectivity index (χ0) is 18.3. The first kappa shape index (κ1) is 16.6. The van der Waals surface area contributed by atoms with Crippen LogP contribution in [0.4, 0.5) is 5.82 Å². The topological polar surface area (TPSA) is 77.7 Å². The van der Waals surface area contributed by atoms with Crippen LogP contribution >= 0.6 is 0 Å². The number of ether oxygens (including phenoxy) is 2. The van der Waals surface area contributed by atoms with Gasteiger partial charge in [0.25, 0.3) is 0 Å². The molecule has 136 valence electrons. The van der Waals surface area contributed by atoms with Crippen LogP contribution in [0.5, 0.6) is 11.9 Å². The Morgan fingerprint density at radius 2 is 2.00 bits per heavy atom. The molecule has 4 heterocycles. The first-order chi connectivity index (χ1) is 12.5. The fourth-order valence-electron chi connectivity index (χ4n) is 3.35. The minimum Gasteiger partial charge on any atom is -0.480 e. The molecule has 3 aromatic heterocycles. The molecule has 0 N–H and O–H groups in total. The van der Waals surface area contributed by atoms with Crippen LogP contribution in [0, 0.1) is 5.41 Å². The predicted molar refractivity (Wildman–Crippen MR) is 97.7 cm³/mol. The van der Waals surface area contributed by atoms with Gasteiger partial charge in [-0.15, -0.1) is 0 Å². The summed E-state index contributed by atoms with van der Waals surface area (Å²) in [5.41, 5.74) is 2.53. The van der Waals surface area contributed by atoms with Gasteiger partial charge in [0.2, 0.25) is 5.88 Å². The quantitative estimate of drug-likeness (QED) is 0.712. The summed E-state index contributed by atoms with van der Waals surface area (Å²) in [6.07, 6.45) is 4.58. The molecular weight excluding hydrogens is 332 g/mol. The van der Waals surface area contributed by atoms with E-state index in [1.165, 1.54) is 7.11 Å². The van der Waals surface area contributed by atoms with Crippen LogP contribution in [-0.4, -0.2) is 51.9 Å². The van der Waals surface area contributed by atoms with Gasteiger partial charge in [0.15, 0.2) is 5.65 Å². The van der Waals surface area contributed by atoms with Crippen LogP contribution in [0.15, 0.2) is 24.5 Å². The van der Waals surface area contributed by atoms with Crippen LogP contribution in [0.3, 0.4) is 0 Å². The van der Waals surface area contributed by atoms with Crippen molar-refractivity contribution in [2.45, 2.75) is 20.3 Å². The van der Waals surface area contributed by atoms with E-state index in [-0.39, 0.29) is 11.4 Å². The summed E-state index contributed by atoms with van der Waals surface area (Å²) in [5, 5.41) is 4.45. The highest BCUT2D eigenvalue weighted by atomic mass is 16.5. The summed E-state index contributed by atoms with van der Waals surface area (Å²) in [6, 6.07) is 4.18. The van der Waals surface area contributed by atoms with Crippen molar-refractivity contribution in [3.8, 4) is 23.1 Å². The smallest absolute Gasteiger partial charge is 0.319 e. The number of rotatable bonds is 4. The third-order valence-electron chi connectivity index (χ3n) is 4.73. The van der Waals surface area contributed by atoms with Crippen molar-refractivity contribution in [2.75, 3.05) is 32.2 Å². The number of hydrogen-bond acceptors (Lipinski definition) is 7. The van der Waals surface area contributed by atoms with E-state index in [1.54, 1.807) is 19.5 Å². The lowest BCUT2D eigenvalue weighted by Gasteiger charge is -2.22. The molecule has 8 nitrogen and oxygen atoms in total. The monoisotopic (exact) mass is 354 g/mol. The van der Waals surface area contributed by atoms with Gasteiger partial charge in [-0.2, -0.15) is 14.6 Å². The van der Waals surface area contributed by atoms with Gasteiger partial charge in [0.05, 0.1) is 31.7 Å². The molecule has 0 atom stereocenters. The second-order valence-electron chi connectivity index (χ2n) is 7.22. The zero-order valence-corrected chi connectivity index (χ0v) is 15.4. The Kier molecular flexibility index (Phi) is 3.90. The van der Waals surface area contributed by atoms with Crippen molar-refractivity contribution in [2.24, 2.45) is 5.41 Å². The number of methoxy groups -OCH3 is 2. The minimum absolute atomic E-state index is 0.262. The van der Waals surface area contributed by atoms with Gasteiger partial charge in [0, 0.05) is 31.4 Å². The molecule has 3 aromatic rings. The fraction of sp³-hybridized carbons (Fsp3) is 0.444. The molecule has 1 aliphatic heterocycles. The zero-order valence-electron chi connectivity index (χ0n) is 15.4. The van der Waals surface area contributed by atoms with Crippen LogP contribution in [0.25, 0.3) is 16.9 Å². The molecule has 0 bridgehead atoms. The molecule has 0 aliphatic carbocycles. The summed E-state index contributed by atoms with van der Waals surface area (Å²) in [5.74, 6) is 1.44. The van der Waals surface area contributed by atoms with Crippen molar-refractivity contribution in [1.29, 1.82) is 0 Å². The second-order valence-corrected chi connectivity index (χ2v) is 7.22. The maximum atomic E-state index is 5.43. The molecule has 1 aliphatic rings. The third kappa shape index (κ3) is 2.81. The van der Waals surface area contributed by atoms with Crippen molar-refractivity contribution in [1.82, 2.24) is 24.6 Å². The lowest BCUT2D eigenvalue weighted by atomic mass is 9.93. The molecule has 0 unspecified atom stereocenters. The Morgan fingerprint density at radius 3 is 2.69 bits per heavy atom. The molecule has 0 radical (unpaired) electrons. The normalized spacial score (nSPS) is 16.2. The predicted octanol–water partition coefficient (Wildman–Crippen LogP) is 2.44. The second kappa shape index (κ2) is 6.12. The summed E-state index contributed by atoms with van der Waals surface area (Å²) in [7, 11) is 3.10. The van der Waals surface area contributed by atoms with Gasteiger partial charge < -0.3 is 14.4 Å². The van der Waals surface area contributed by atoms with E-state index in [2.05, 4.69) is 33.8 Å². The van der Waals surface area contributed by atoms with E-state index >= 15 is 0 Å². The maximum absolute atomic E-state index is 5.43. The minimum atomic E-state index is 0.262. The number of fused-ring (bicyclic) bond motifs is 1. The highest BCUT2D eigenvalue weighted by Crippen LogP contribution is 2.35. The van der Waals surface area contributed by atoms with Crippen molar-refractivity contribution in [3.05, 3.63) is 24.5 Å². The Labute approximate surface area is 151 Å². The van der Waals surface area contributed by atoms with E-state index in [1.807, 2.05) is 16.6 Å². The lowest BCUT2D eigenvalue weighted by molar-refractivity contribution is 0.353. The number of anilines is 1. The van der Waals surface area contributed by atoms with E-state index in [0.717, 1.165) is 42.2 Å². The molecule has 1 fully saturated rings. The molecule has 0 amide bonds. The van der Waals surface area contributed by atoms with Crippen molar-refractivity contribution < 1.29 is 9.47 Å². The Balaban J connectivity index is 1.85. The van der Waals surface area contributed by atoms with Gasteiger partial charge in [0.1, 0.15) is 5.82 Å². The molecule has 4 rings (SSSR count).